The Morgan fingerprint density at radius 2 is 1.76 bits per heavy atom. The molecule has 0 aliphatic carbocycles. The zero-order valence-corrected chi connectivity index (χ0v) is 16.7. The Balaban J connectivity index is -0.000000152. The molecular formula is C20H36N2O2Y. The minimum atomic E-state index is -0.166. The summed E-state index contributed by atoms with van der Waals surface area (Å²) in [6.45, 7) is 9.66. The summed E-state index contributed by atoms with van der Waals surface area (Å²) < 4.78 is 4.84. The quantitative estimate of drug-likeness (QED) is 0.600. The van der Waals surface area contributed by atoms with E-state index in [2.05, 4.69) is 19.9 Å². The molecule has 5 heteroatoms. The van der Waals surface area contributed by atoms with Crippen molar-refractivity contribution in [2.45, 2.75) is 68.4 Å². The van der Waals surface area contributed by atoms with E-state index in [1.54, 1.807) is 4.90 Å². The molecule has 0 atom stereocenters. The van der Waals surface area contributed by atoms with Gasteiger partial charge in [0.15, 0.2) is 0 Å². The summed E-state index contributed by atoms with van der Waals surface area (Å²) in [4.78, 5) is 12.7. The van der Waals surface area contributed by atoms with E-state index in [4.69, 9.17) is 10.00 Å². The van der Waals surface area contributed by atoms with Crippen LogP contribution in [-0.4, -0.2) is 30.2 Å². The second-order valence-corrected chi connectivity index (χ2v) is 5.65. The standard InChI is InChI=1S/C10H11N.C7H13NO2.3CH4.Y/c1-8(2)10-5-3-4-9(6-10)7-11;1-6(2)8-4-3-5-10-7(8)9;;;;/h3-6,8H,1-2H3;6H,3-5H2,1-2H3;3*1H4;. The molecule has 4 nitrogen and oxygen atoms in total. The van der Waals surface area contributed by atoms with E-state index in [0.29, 0.717) is 12.5 Å². The summed E-state index contributed by atoms with van der Waals surface area (Å²) in [6, 6.07) is 10.1. The molecule has 141 valence electrons. The van der Waals surface area contributed by atoms with Crippen LogP contribution in [0.2, 0.25) is 0 Å². The summed E-state index contributed by atoms with van der Waals surface area (Å²) >= 11 is 0. The molecule has 1 amide bonds. The molecule has 1 radical (unpaired) electrons. The molecule has 1 saturated heterocycles. The Kier molecular flexibility index (Phi) is 21.1. The molecule has 2 rings (SSSR count). The summed E-state index contributed by atoms with van der Waals surface area (Å²) in [7, 11) is 0. The fraction of sp³-hybridized carbons (Fsp3) is 0.600. The predicted octanol–water partition coefficient (Wildman–Crippen LogP) is 5.82. The summed E-state index contributed by atoms with van der Waals surface area (Å²) in [5.74, 6) is 0.503. The fourth-order valence-electron chi connectivity index (χ4n) is 2.00. The Hall–Kier alpha value is -0.916. The Morgan fingerprint density at radius 3 is 2.16 bits per heavy atom. The Labute approximate surface area is 180 Å². The molecule has 0 saturated carbocycles. The van der Waals surface area contributed by atoms with Crippen LogP contribution in [0.1, 0.15) is 73.4 Å². The average molecular weight is 425 g/mol. The van der Waals surface area contributed by atoms with E-state index in [1.807, 2.05) is 38.1 Å². The molecule has 1 aliphatic rings. The van der Waals surface area contributed by atoms with Crippen molar-refractivity contribution in [2.75, 3.05) is 13.2 Å². The van der Waals surface area contributed by atoms with Crippen molar-refractivity contribution in [1.29, 1.82) is 5.26 Å². The zero-order valence-electron chi connectivity index (χ0n) is 13.9. The van der Waals surface area contributed by atoms with Gasteiger partial charge in [-0.05, 0) is 43.9 Å². The van der Waals surface area contributed by atoms with Gasteiger partial charge in [-0.3, -0.25) is 0 Å². The van der Waals surface area contributed by atoms with Crippen LogP contribution in [0.3, 0.4) is 0 Å². The first-order valence-corrected chi connectivity index (χ1v) is 7.39. The van der Waals surface area contributed by atoms with Crippen molar-refractivity contribution in [1.82, 2.24) is 4.90 Å². The number of carbonyl (C=O) groups is 1. The van der Waals surface area contributed by atoms with Crippen LogP contribution >= 0.6 is 0 Å². The predicted molar refractivity (Wildman–Crippen MR) is 103 cm³/mol. The van der Waals surface area contributed by atoms with Gasteiger partial charge in [0.25, 0.3) is 0 Å². The van der Waals surface area contributed by atoms with E-state index in [9.17, 15) is 4.79 Å². The maximum absolute atomic E-state index is 10.9. The Morgan fingerprint density at radius 1 is 1.16 bits per heavy atom. The summed E-state index contributed by atoms with van der Waals surface area (Å²) in [5.41, 5.74) is 1.97. The monoisotopic (exact) mass is 425 g/mol. The zero-order chi connectivity index (χ0) is 15.8. The van der Waals surface area contributed by atoms with Gasteiger partial charge in [0.05, 0.1) is 18.2 Å². The van der Waals surface area contributed by atoms with Gasteiger partial charge in [-0.1, -0.05) is 48.3 Å². The van der Waals surface area contributed by atoms with Crippen molar-refractivity contribution in [3.8, 4) is 6.07 Å². The largest absolute Gasteiger partial charge is 0.449 e. The molecule has 1 fully saturated rings. The first-order valence-electron chi connectivity index (χ1n) is 7.39. The molecule has 0 N–H and O–H groups in total. The van der Waals surface area contributed by atoms with E-state index >= 15 is 0 Å². The fourth-order valence-corrected chi connectivity index (χ4v) is 2.00. The molecule has 1 aromatic carbocycles. The van der Waals surface area contributed by atoms with Crippen LogP contribution in [-0.2, 0) is 37.4 Å². The summed E-state index contributed by atoms with van der Waals surface area (Å²) in [5, 5.41) is 8.59. The number of hydrogen-bond donors (Lipinski definition) is 0. The molecular weight excluding hydrogens is 389 g/mol. The third-order valence-corrected chi connectivity index (χ3v) is 3.31. The molecule has 1 aliphatic heterocycles. The molecule has 0 spiro atoms. The third kappa shape index (κ3) is 11.3. The van der Waals surface area contributed by atoms with Crippen molar-refractivity contribution in [3.05, 3.63) is 35.4 Å². The van der Waals surface area contributed by atoms with Crippen LogP contribution in [0.5, 0.6) is 0 Å². The maximum atomic E-state index is 10.9. The number of hydrogen-bond acceptors (Lipinski definition) is 3. The van der Waals surface area contributed by atoms with Crippen molar-refractivity contribution in [3.63, 3.8) is 0 Å². The summed E-state index contributed by atoms with van der Waals surface area (Å²) in [6.07, 6.45) is 0.797. The SMILES string of the molecule is C.C.C.CC(C)N1CCCOC1=O.CC(C)c1cccc(C#N)c1.[Y]. The van der Waals surface area contributed by atoms with Crippen molar-refractivity contribution in [2.24, 2.45) is 0 Å². The topological polar surface area (TPSA) is 53.3 Å². The van der Waals surface area contributed by atoms with Gasteiger partial charge in [0.1, 0.15) is 0 Å². The second kappa shape index (κ2) is 16.5. The number of nitriles is 1. The van der Waals surface area contributed by atoms with Gasteiger partial charge in [0.2, 0.25) is 0 Å². The van der Waals surface area contributed by atoms with Crippen LogP contribution in [0.15, 0.2) is 24.3 Å². The molecule has 25 heavy (non-hydrogen) atoms. The minimum Gasteiger partial charge on any atom is -0.449 e. The van der Waals surface area contributed by atoms with Crippen LogP contribution in [0.25, 0.3) is 0 Å². The number of rotatable bonds is 2. The average Bonchev–Trinajstić information content (AvgIpc) is 2.48. The first-order chi connectivity index (χ1) is 9.95. The van der Waals surface area contributed by atoms with E-state index < -0.39 is 0 Å². The molecule has 0 unspecified atom stereocenters. The van der Waals surface area contributed by atoms with Crippen molar-refractivity contribution < 1.29 is 42.2 Å². The van der Waals surface area contributed by atoms with Gasteiger partial charge in [-0.15, -0.1) is 0 Å². The number of amides is 1. The smallest absolute Gasteiger partial charge is 0.409 e. The number of cyclic esters (lactones) is 1. The Bertz CT molecular complexity index is 511. The number of nitrogens with zero attached hydrogens (tertiary/aromatic N) is 2. The molecule has 1 aromatic rings. The normalized spacial score (nSPS) is 12.0. The third-order valence-electron chi connectivity index (χ3n) is 3.31. The van der Waals surface area contributed by atoms with E-state index in [-0.39, 0.29) is 67.1 Å². The van der Waals surface area contributed by atoms with E-state index in [1.165, 1.54) is 5.56 Å². The van der Waals surface area contributed by atoms with Crippen molar-refractivity contribution >= 4 is 6.09 Å². The molecule has 0 aromatic heterocycles. The van der Waals surface area contributed by atoms with Gasteiger partial charge < -0.3 is 9.64 Å². The van der Waals surface area contributed by atoms with Gasteiger partial charge in [-0.2, -0.15) is 5.26 Å². The van der Waals surface area contributed by atoms with Gasteiger partial charge >= 0.3 is 6.09 Å². The second-order valence-electron chi connectivity index (χ2n) is 5.65. The van der Waals surface area contributed by atoms with Crippen LogP contribution in [0, 0.1) is 11.3 Å². The number of carbonyl (C=O) groups excluding carboxylic acids is 1. The van der Waals surface area contributed by atoms with Crippen LogP contribution < -0.4 is 0 Å². The maximum Gasteiger partial charge on any atom is 0.409 e. The van der Waals surface area contributed by atoms with Crippen LogP contribution in [0.4, 0.5) is 4.79 Å². The van der Waals surface area contributed by atoms with Gasteiger partial charge in [-0.25, -0.2) is 4.79 Å². The molecule has 1 heterocycles. The number of benzene rings is 1. The first kappa shape index (κ1) is 31.8. The molecule has 0 bridgehead atoms. The minimum absolute atomic E-state index is 0. The number of ether oxygens (including phenoxy) is 1. The van der Waals surface area contributed by atoms with E-state index in [0.717, 1.165) is 18.5 Å². The van der Waals surface area contributed by atoms with Gasteiger partial charge in [0, 0.05) is 45.3 Å².